The molecular weight excluding hydrogens is 246 g/mol. The van der Waals surface area contributed by atoms with E-state index in [9.17, 15) is 0 Å². The lowest BCUT2D eigenvalue weighted by molar-refractivity contribution is 0.381. The molecule has 0 saturated carbocycles. The fraction of sp³-hybridized carbons (Fsp3) is 0.824. The van der Waals surface area contributed by atoms with Crippen LogP contribution in [0, 0.1) is 0 Å². The Morgan fingerprint density at radius 2 is 1.55 bits per heavy atom. The van der Waals surface area contributed by atoms with Gasteiger partial charge in [-0.25, -0.2) is 0 Å². The van der Waals surface area contributed by atoms with E-state index in [1.807, 2.05) is 38.9 Å². The molecule has 0 fully saturated rings. The van der Waals surface area contributed by atoms with E-state index < -0.39 is 0 Å². The fourth-order valence-electron chi connectivity index (χ4n) is 1.51. The Morgan fingerprint density at radius 3 is 2.00 bits per heavy atom. The van der Waals surface area contributed by atoms with Crippen LogP contribution in [0.25, 0.3) is 0 Å². The van der Waals surface area contributed by atoms with Crippen molar-refractivity contribution in [1.29, 1.82) is 0 Å². The van der Waals surface area contributed by atoms with E-state index in [0.717, 1.165) is 31.5 Å². The molecule has 3 nitrogen and oxygen atoms in total. The van der Waals surface area contributed by atoms with Crippen molar-refractivity contribution in [1.82, 2.24) is 5.01 Å². The molecule has 0 aliphatic carbocycles. The molecular formula is C17H39N3. The van der Waals surface area contributed by atoms with Crippen molar-refractivity contribution >= 4 is 6.72 Å². The average molecular weight is 286 g/mol. The Labute approximate surface area is 128 Å². The van der Waals surface area contributed by atoms with Gasteiger partial charge in [0.2, 0.25) is 0 Å². The summed E-state index contributed by atoms with van der Waals surface area (Å²) in [5.41, 5.74) is 6.81. The molecule has 0 amide bonds. The lowest BCUT2D eigenvalue weighted by Gasteiger charge is -2.14. The summed E-state index contributed by atoms with van der Waals surface area (Å²) in [6.07, 6.45) is 10.2. The third-order valence-electron chi connectivity index (χ3n) is 2.56. The van der Waals surface area contributed by atoms with Crippen molar-refractivity contribution in [3.8, 4) is 0 Å². The summed E-state index contributed by atoms with van der Waals surface area (Å²) in [5, 5.41) is 5.82. The van der Waals surface area contributed by atoms with Crippen LogP contribution in [0.2, 0.25) is 0 Å². The van der Waals surface area contributed by atoms with Crippen LogP contribution in [0.1, 0.15) is 86.5 Å². The van der Waals surface area contributed by atoms with Gasteiger partial charge in [0.1, 0.15) is 0 Å². The normalized spacial score (nSPS) is 9.80. The maximum atomic E-state index is 5.90. The third-order valence-corrected chi connectivity index (χ3v) is 2.56. The maximum absolute atomic E-state index is 5.90. The first kappa shape index (κ1) is 24.1. The summed E-state index contributed by atoms with van der Waals surface area (Å²) in [4.78, 5) is 0. The van der Waals surface area contributed by atoms with Gasteiger partial charge in [0.05, 0.1) is 0 Å². The van der Waals surface area contributed by atoms with Crippen LogP contribution in [0.15, 0.2) is 17.0 Å². The number of unbranched alkanes of at least 4 members (excludes halogenated alkanes) is 4. The van der Waals surface area contributed by atoms with Gasteiger partial charge in [-0.15, -0.1) is 0 Å². The zero-order valence-corrected chi connectivity index (χ0v) is 14.9. The largest absolute Gasteiger partial charge is 0.401 e. The smallest absolute Gasteiger partial charge is 0.0419 e. The number of hydrogen-bond donors (Lipinski definition) is 1. The van der Waals surface area contributed by atoms with Gasteiger partial charge in [0.15, 0.2) is 0 Å². The Morgan fingerprint density at radius 1 is 1.00 bits per heavy atom. The number of nitrogens with zero attached hydrogens (tertiary/aromatic N) is 2. The van der Waals surface area contributed by atoms with Crippen LogP contribution in [-0.2, 0) is 0 Å². The summed E-state index contributed by atoms with van der Waals surface area (Å²) in [6.45, 7) is 16.9. The van der Waals surface area contributed by atoms with Gasteiger partial charge in [-0.2, -0.15) is 5.10 Å². The maximum Gasteiger partial charge on any atom is 0.0419 e. The zero-order valence-electron chi connectivity index (χ0n) is 14.9. The Hall–Kier alpha value is -0.990. The Balaban J connectivity index is -0.000000656. The number of hydrogen-bond acceptors (Lipinski definition) is 3. The fourth-order valence-corrected chi connectivity index (χ4v) is 1.51. The van der Waals surface area contributed by atoms with Gasteiger partial charge in [0, 0.05) is 25.2 Å². The van der Waals surface area contributed by atoms with E-state index >= 15 is 0 Å². The predicted octanol–water partition coefficient (Wildman–Crippen LogP) is 5.53. The van der Waals surface area contributed by atoms with Gasteiger partial charge in [-0.05, 0) is 19.3 Å². The lowest BCUT2D eigenvalue weighted by Crippen LogP contribution is -2.14. The summed E-state index contributed by atoms with van der Waals surface area (Å²) in [7, 11) is 0. The van der Waals surface area contributed by atoms with E-state index in [-0.39, 0.29) is 0 Å². The Kier molecular flexibility index (Phi) is 27.8. The number of nitrogens with two attached hydrogens (primary N) is 1. The van der Waals surface area contributed by atoms with E-state index in [2.05, 4.69) is 25.7 Å². The molecule has 0 aliphatic heterocycles. The van der Waals surface area contributed by atoms with Crippen LogP contribution in [-0.4, -0.2) is 18.3 Å². The summed E-state index contributed by atoms with van der Waals surface area (Å²) >= 11 is 0. The molecule has 20 heavy (non-hydrogen) atoms. The summed E-state index contributed by atoms with van der Waals surface area (Å²) in [6, 6.07) is 0. The van der Waals surface area contributed by atoms with E-state index in [1.165, 1.54) is 25.7 Å². The van der Waals surface area contributed by atoms with Crippen LogP contribution in [0.3, 0.4) is 0 Å². The molecule has 0 bridgehead atoms. The first-order valence-corrected chi connectivity index (χ1v) is 8.44. The van der Waals surface area contributed by atoms with Gasteiger partial charge < -0.3 is 5.73 Å². The summed E-state index contributed by atoms with van der Waals surface area (Å²) in [5.74, 6) is 0. The molecule has 0 radical (unpaired) electrons. The second-order valence-electron chi connectivity index (χ2n) is 4.17. The third kappa shape index (κ3) is 19.4. The molecule has 0 rings (SSSR count). The Bertz CT molecular complexity index is 200. The molecule has 0 aliphatic rings. The van der Waals surface area contributed by atoms with Gasteiger partial charge in [-0.1, -0.05) is 67.2 Å². The van der Waals surface area contributed by atoms with Crippen molar-refractivity contribution in [2.45, 2.75) is 86.5 Å². The highest BCUT2D eigenvalue weighted by molar-refractivity contribution is 5.23. The van der Waals surface area contributed by atoms with Gasteiger partial charge in [0.25, 0.3) is 0 Å². The predicted molar refractivity (Wildman–Crippen MR) is 94.9 cm³/mol. The van der Waals surface area contributed by atoms with E-state index in [4.69, 9.17) is 5.73 Å². The monoisotopic (exact) mass is 285 g/mol. The number of hydrazone groups is 1. The van der Waals surface area contributed by atoms with Crippen molar-refractivity contribution < 1.29 is 0 Å². The van der Waals surface area contributed by atoms with Crippen LogP contribution in [0.5, 0.6) is 0 Å². The van der Waals surface area contributed by atoms with Gasteiger partial charge in [-0.3, -0.25) is 5.01 Å². The van der Waals surface area contributed by atoms with Gasteiger partial charge >= 0.3 is 0 Å². The van der Waals surface area contributed by atoms with Crippen molar-refractivity contribution in [2.24, 2.45) is 10.8 Å². The van der Waals surface area contributed by atoms with Crippen molar-refractivity contribution in [3.05, 3.63) is 11.9 Å². The van der Waals surface area contributed by atoms with Crippen LogP contribution >= 0.6 is 0 Å². The molecule has 0 aromatic carbocycles. The molecule has 122 valence electrons. The average Bonchev–Trinajstić information content (AvgIpc) is 2.52. The molecule has 0 aromatic rings. The topological polar surface area (TPSA) is 41.6 Å². The van der Waals surface area contributed by atoms with Crippen LogP contribution < -0.4 is 5.73 Å². The highest BCUT2D eigenvalue weighted by atomic mass is 15.4. The molecule has 0 heterocycles. The molecule has 3 heteroatoms. The minimum Gasteiger partial charge on any atom is -0.401 e. The SMILES string of the molecule is C=NN(/C=C(\N)CCCC)CCCCCC.CC.CC. The summed E-state index contributed by atoms with van der Waals surface area (Å²) < 4.78 is 0. The molecule has 0 atom stereocenters. The van der Waals surface area contributed by atoms with Crippen molar-refractivity contribution in [3.63, 3.8) is 0 Å². The zero-order chi connectivity index (χ0) is 16.2. The standard InChI is InChI=1S/C13H27N3.2C2H6/c1-4-6-8-9-11-16(15-3)12-13(14)10-7-5-2;2*1-2/h12H,3-11,14H2,1-2H3;2*1-2H3/b13-12-;;. The lowest BCUT2D eigenvalue weighted by atomic mass is 10.2. The molecule has 0 unspecified atom stereocenters. The van der Waals surface area contributed by atoms with Crippen molar-refractivity contribution in [2.75, 3.05) is 6.54 Å². The van der Waals surface area contributed by atoms with E-state index in [1.54, 1.807) is 0 Å². The number of allylic oxidation sites excluding steroid dienone is 1. The highest BCUT2D eigenvalue weighted by Gasteiger charge is 1.98. The minimum absolute atomic E-state index is 0.907. The highest BCUT2D eigenvalue weighted by Crippen LogP contribution is 2.06. The number of rotatable bonds is 10. The first-order valence-electron chi connectivity index (χ1n) is 8.44. The quantitative estimate of drug-likeness (QED) is 0.326. The van der Waals surface area contributed by atoms with Crippen LogP contribution in [0.4, 0.5) is 0 Å². The first-order chi connectivity index (χ1) is 9.74. The second-order valence-corrected chi connectivity index (χ2v) is 4.17. The minimum atomic E-state index is 0.907. The van der Waals surface area contributed by atoms with E-state index in [0.29, 0.717) is 0 Å². The molecule has 2 N–H and O–H groups in total. The second kappa shape index (κ2) is 23.1. The molecule has 0 aromatic heterocycles. The molecule has 0 spiro atoms. The molecule has 0 saturated heterocycles.